The number of ether oxygens (including phenoxy) is 1. The Balaban J connectivity index is 1.72. The summed E-state index contributed by atoms with van der Waals surface area (Å²) in [5, 5.41) is 10.9. The average Bonchev–Trinajstić information content (AvgIpc) is 3.21. The molecule has 1 aliphatic carbocycles. The van der Waals surface area contributed by atoms with Crippen molar-refractivity contribution < 1.29 is 9.84 Å². The van der Waals surface area contributed by atoms with Crippen molar-refractivity contribution in [3.63, 3.8) is 0 Å². The Kier molecular flexibility index (Phi) is 3.50. The van der Waals surface area contributed by atoms with Crippen LogP contribution in [0.15, 0.2) is 24.3 Å². The molecule has 3 nitrogen and oxygen atoms in total. The highest BCUT2D eigenvalue weighted by atomic mass is 16.5. The maximum atomic E-state index is 10.9. The third-order valence-corrected chi connectivity index (χ3v) is 4.26. The van der Waals surface area contributed by atoms with Crippen molar-refractivity contribution in [3.8, 4) is 5.75 Å². The third-order valence-electron chi connectivity index (χ3n) is 4.26. The van der Waals surface area contributed by atoms with E-state index in [0.717, 1.165) is 43.7 Å². The molecule has 3 rings (SSSR count). The number of benzene rings is 1. The lowest BCUT2D eigenvalue weighted by Crippen LogP contribution is -2.27. The van der Waals surface area contributed by atoms with Crippen LogP contribution < -0.4 is 4.74 Å². The molecule has 2 aliphatic rings. The van der Waals surface area contributed by atoms with Gasteiger partial charge in [0.05, 0.1) is 11.7 Å². The molecule has 1 atom stereocenters. The molecule has 0 aromatic heterocycles. The first-order valence-electron chi connectivity index (χ1n) is 7.34. The first-order chi connectivity index (χ1) is 9.16. The fourth-order valence-electron chi connectivity index (χ4n) is 2.76. The van der Waals surface area contributed by atoms with Gasteiger partial charge in [0, 0.05) is 6.54 Å². The van der Waals surface area contributed by atoms with Gasteiger partial charge in [0.15, 0.2) is 0 Å². The number of hydrogen-bond donors (Lipinski definition) is 1. The molecular formula is C16H23NO2. The lowest BCUT2D eigenvalue weighted by Gasteiger charge is -2.27. The Bertz CT molecular complexity index is 427. The van der Waals surface area contributed by atoms with E-state index in [1.54, 1.807) is 0 Å². The second kappa shape index (κ2) is 5.14. The van der Waals surface area contributed by atoms with Gasteiger partial charge in [-0.2, -0.15) is 0 Å². The van der Waals surface area contributed by atoms with Gasteiger partial charge in [-0.05, 0) is 63.4 Å². The highest BCUT2D eigenvalue weighted by Crippen LogP contribution is 2.34. The standard InChI is InChI=1S/C16H23NO2/c1-17-11-2-9-16(18,10-12-17)13-3-5-14(6-4-13)19-15-7-8-15/h3-6,15,18H,2,7-12H2,1H3. The molecule has 1 aliphatic heterocycles. The van der Waals surface area contributed by atoms with E-state index in [9.17, 15) is 5.11 Å². The second-order valence-corrected chi connectivity index (χ2v) is 6.03. The minimum absolute atomic E-state index is 0.431. The van der Waals surface area contributed by atoms with Crippen LogP contribution in [0.4, 0.5) is 0 Å². The highest BCUT2D eigenvalue weighted by Gasteiger charge is 2.31. The topological polar surface area (TPSA) is 32.7 Å². The number of aliphatic hydroxyl groups is 1. The van der Waals surface area contributed by atoms with Crippen LogP contribution in [0.3, 0.4) is 0 Å². The van der Waals surface area contributed by atoms with Gasteiger partial charge in [0.2, 0.25) is 0 Å². The van der Waals surface area contributed by atoms with E-state index < -0.39 is 5.60 Å². The molecule has 3 heteroatoms. The van der Waals surface area contributed by atoms with Gasteiger partial charge in [-0.3, -0.25) is 0 Å². The van der Waals surface area contributed by atoms with Crippen molar-refractivity contribution in [1.29, 1.82) is 0 Å². The maximum Gasteiger partial charge on any atom is 0.119 e. The average molecular weight is 261 g/mol. The van der Waals surface area contributed by atoms with Gasteiger partial charge in [-0.25, -0.2) is 0 Å². The monoisotopic (exact) mass is 261 g/mol. The lowest BCUT2D eigenvalue weighted by molar-refractivity contribution is 0.0218. The van der Waals surface area contributed by atoms with E-state index in [-0.39, 0.29) is 0 Å². The zero-order valence-corrected chi connectivity index (χ0v) is 11.6. The molecule has 0 spiro atoms. The highest BCUT2D eigenvalue weighted by molar-refractivity contribution is 5.31. The molecular weight excluding hydrogens is 238 g/mol. The van der Waals surface area contributed by atoms with Crippen molar-refractivity contribution in [2.24, 2.45) is 0 Å². The summed E-state index contributed by atoms with van der Waals surface area (Å²) in [5.41, 5.74) is 0.369. The fraction of sp³-hybridized carbons (Fsp3) is 0.625. The van der Waals surface area contributed by atoms with Crippen LogP contribution in [0, 0.1) is 0 Å². The molecule has 1 heterocycles. The summed E-state index contributed by atoms with van der Waals surface area (Å²) in [5.74, 6) is 0.931. The zero-order chi connectivity index (χ0) is 13.3. The molecule has 1 aromatic carbocycles. The molecule has 1 aromatic rings. The maximum absolute atomic E-state index is 10.9. The predicted octanol–water partition coefficient (Wildman–Crippen LogP) is 2.53. The molecule has 1 saturated carbocycles. The SMILES string of the molecule is CN1CCCC(O)(c2ccc(OC3CC3)cc2)CC1. The van der Waals surface area contributed by atoms with E-state index in [0.29, 0.717) is 6.10 Å². The summed E-state index contributed by atoms with van der Waals surface area (Å²) in [7, 11) is 2.12. The summed E-state index contributed by atoms with van der Waals surface area (Å²) in [6, 6.07) is 8.06. The molecule has 1 N–H and O–H groups in total. The molecule has 2 fully saturated rings. The van der Waals surface area contributed by atoms with Crippen molar-refractivity contribution >= 4 is 0 Å². The number of nitrogens with zero attached hydrogens (tertiary/aromatic N) is 1. The Hall–Kier alpha value is -1.06. The summed E-state index contributed by atoms with van der Waals surface area (Å²) in [6.07, 6.45) is 5.50. The van der Waals surface area contributed by atoms with Gasteiger partial charge in [-0.15, -0.1) is 0 Å². The molecule has 1 unspecified atom stereocenters. The van der Waals surface area contributed by atoms with Crippen LogP contribution in [0.25, 0.3) is 0 Å². The van der Waals surface area contributed by atoms with Gasteiger partial charge in [0.25, 0.3) is 0 Å². The van der Waals surface area contributed by atoms with Crippen molar-refractivity contribution in [1.82, 2.24) is 4.90 Å². The van der Waals surface area contributed by atoms with Crippen molar-refractivity contribution in [2.75, 3.05) is 20.1 Å². The van der Waals surface area contributed by atoms with Crippen LogP contribution in [-0.4, -0.2) is 36.2 Å². The van der Waals surface area contributed by atoms with E-state index in [2.05, 4.69) is 11.9 Å². The van der Waals surface area contributed by atoms with Crippen LogP contribution in [0.5, 0.6) is 5.75 Å². The smallest absolute Gasteiger partial charge is 0.119 e. The Morgan fingerprint density at radius 1 is 1.16 bits per heavy atom. The van der Waals surface area contributed by atoms with Crippen LogP contribution >= 0.6 is 0 Å². The molecule has 0 amide bonds. The number of rotatable bonds is 3. The summed E-state index contributed by atoms with van der Waals surface area (Å²) < 4.78 is 5.75. The van der Waals surface area contributed by atoms with Gasteiger partial charge >= 0.3 is 0 Å². The minimum Gasteiger partial charge on any atom is -0.490 e. The largest absolute Gasteiger partial charge is 0.490 e. The van der Waals surface area contributed by atoms with Gasteiger partial charge in [0.1, 0.15) is 5.75 Å². The Labute approximate surface area is 115 Å². The van der Waals surface area contributed by atoms with Crippen molar-refractivity contribution in [3.05, 3.63) is 29.8 Å². The van der Waals surface area contributed by atoms with Gasteiger partial charge < -0.3 is 14.7 Å². The quantitative estimate of drug-likeness (QED) is 0.907. The Morgan fingerprint density at radius 2 is 1.89 bits per heavy atom. The number of hydrogen-bond acceptors (Lipinski definition) is 3. The normalized spacial score (nSPS) is 28.9. The van der Waals surface area contributed by atoms with E-state index >= 15 is 0 Å². The fourth-order valence-corrected chi connectivity index (χ4v) is 2.76. The molecule has 19 heavy (non-hydrogen) atoms. The molecule has 0 radical (unpaired) electrons. The minimum atomic E-state index is -0.664. The summed E-state index contributed by atoms with van der Waals surface area (Å²) >= 11 is 0. The molecule has 0 bridgehead atoms. The van der Waals surface area contributed by atoms with Crippen LogP contribution in [0.1, 0.15) is 37.7 Å². The first kappa shape index (κ1) is 12.9. The van der Waals surface area contributed by atoms with E-state index in [4.69, 9.17) is 4.74 Å². The van der Waals surface area contributed by atoms with E-state index in [1.807, 2.05) is 24.3 Å². The summed E-state index contributed by atoms with van der Waals surface area (Å²) in [6.45, 7) is 2.03. The summed E-state index contributed by atoms with van der Waals surface area (Å²) in [4.78, 5) is 2.29. The van der Waals surface area contributed by atoms with Gasteiger partial charge in [-0.1, -0.05) is 12.1 Å². The Morgan fingerprint density at radius 3 is 2.58 bits per heavy atom. The third kappa shape index (κ3) is 3.10. The number of likely N-dealkylation sites (tertiary alicyclic amines) is 1. The van der Waals surface area contributed by atoms with Crippen molar-refractivity contribution in [2.45, 2.75) is 43.8 Å². The molecule has 104 valence electrons. The van der Waals surface area contributed by atoms with Crippen LogP contribution in [-0.2, 0) is 5.60 Å². The van der Waals surface area contributed by atoms with Crippen LogP contribution in [0.2, 0.25) is 0 Å². The predicted molar refractivity (Wildman–Crippen MR) is 75.3 cm³/mol. The lowest BCUT2D eigenvalue weighted by atomic mass is 9.87. The van der Waals surface area contributed by atoms with E-state index in [1.165, 1.54) is 12.8 Å². The second-order valence-electron chi connectivity index (χ2n) is 6.03. The first-order valence-corrected chi connectivity index (χ1v) is 7.34. The zero-order valence-electron chi connectivity index (χ0n) is 11.6. The molecule has 1 saturated heterocycles.